The fourth-order valence-electron chi connectivity index (χ4n) is 7.34. The SMILES string of the molecule is CC1(C)c2ccccc2-c2cc(N)c(-c3cccc4c3[nH]c3cc5c(cc34)C(C)(C)c3ccccc3-5)cc21. The molecule has 2 aliphatic carbocycles. The zero-order valence-corrected chi connectivity index (χ0v) is 22.2. The number of aromatic amines is 1. The molecule has 8 rings (SSSR count). The Kier molecular flexibility index (Phi) is 3.99. The molecule has 184 valence electrons. The molecule has 0 bridgehead atoms. The quantitative estimate of drug-likeness (QED) is 0.222. The van der Waals surface area contributed by atoms with Crippen molar-refractivity contribution in [2.75, 3.05) is 5.73 Å². The van der Waals surface area contributed by atoms with Gasteiger partial charge in [0, 0.05) is 43.9 Å². The summed E-state index contributed by atoms with van der Waals surface area (Å²) in [6.45, 7) is 9.33. The van der Waals surface area contributed by atoms with Crippen LogP contribution in [-0.4, -0.2) is 4.98 Å². The van der Waals surface area contributed by atoms with Gasteiger partial charge in [-0.25, -0.2) is 0 Å². The van der Waals surface area contributed by atoms with Gasteiger partial charge in [0.2, 0.25) is 0 Å². The van der Waals surface area contributed by atoms with Gasteiger partial charge in [0.15, 0.2) is 0 Å². The van der Waals surface area contributed by atoms with E-state index in [0.29, 0.717) is 0 Å². The largest absolute Gasteiger partial charge is 0.398 e. The molecule has 1 heterocycles. The van der Waals surface area contributed by atoms with Crippen molar-refractivity contribution in [3.05, 3.63) is 113 Å². The number of anilines is 1. The molecule has 2 heteroatoms. The van der Waals surface area contributed by atoms with E-state index in [1.807, 2.05) is 0 Å². The van der Waals surface area contributed by atoms with Crippen molar-refractivity contribution < 1.29 is 0 Å². The van der Waals surface area contributed by atoms with Crippen LogP contribution < -0.4 is 5.73 Å². The summed E-state index contributed by atoms with van der Waals surface area (Å²) in [6, 6.07) is 33.5. The number of aromatic nitrogens is 1. The van der Waals surface area contributed by atoms with Gasteiger partial charge < -0.3 is 10.7 Å². The number of nitrogens with one attached hydrogen (secondary N) is 1. The molecule has 2 nitrogen and oxygen atoms in total. The van der Waals surface area contributed by atoms with Crippen LogP contribution in [0.2, 0.25) is 0 Å². The lowest BCUT2D eigenvalue weighted by Gasteiger charge is -2.22. The standard InChI is InChI=1S/C36H30N2/c1-35(2)28-14-7-5-10-20(28)24-18-32(37)26(16-30(24)35)22-12-9-13-23-27-17-31-25(19-33(27)38-34(22)23)21-11-6-8-15-29(21)36(31,3)4/h5-19,38H,37H2,1-4H3. The van der Waals surface area contributed by atoms with Crippen molar-refractivity contribution in [2.45, 2.75) is 38.5 Å². The average Bonchev–Trinajstić information content (AvgIpc) is 3.47. The van der Waals surface area contributed by atoms with Crippen LogP contribution in [0.5, 0.6) is 0 Å². The molecule has 0 aliphatic heterocycles. The van der Waals surface area contributed by atoms with Gasteiger partial charge >= 0.3 is 0 Å². The maximum atomic E-state index is 6.81. The maximum absolute atomic E-state index is 6.81. The van der Waals surface area contributed by atoms with Crippen molar-refractivity contribution >= 4 is 27.5 Å². The molecule has 38 heavy (non-hydrogen) atoms. The van der Waals surface area contributed by atoms with E-state index in [4.69, 9.17) is 5.73 Å². The normalized spacial score (nSPS) is 15.9. The molecule has 0 spiro atoms. The van der Waals surface area contributed by atoms with Crippen LogP contribution in [0, 0.1) is 0 Å². The second-order valence-electron chi connectivity index (χ2n) is 12.1. The maximum Gasteiger partial charge on any atom is 0.0545 e. The number of rotatable bonds is 1. The summed E-state index contributed by atoms with van der Waals surface area (Å²) in [6.07, 6.45) is 0. The van der Waals surface area contributed by atoms with E-state index in [1.54, 1.807) is 0 Å². The van der Waals surface area contributed by atoms with E-state index in [1.165, 1.54) is 60.8 Å². The van der Waals surface area contributed by atoms with Crippen LogP contribution in [0.3, 0.4) is 0 Å². The molecule has 0 saturated carbocycles. The number of hydrogen-bond donors (Lipinski definition) is 2. The second kappa shape index (κ2) is 6.96. The first-order chi connectivity index (χ1) is 18.3. The van der Waals surface area contributed by atoms with Crippen LogP contribution in [0.4, 0.5) is 5.69 Å². The van der Waals surface area contributed by atoms with Crippen molar-refractivity contribution in [1.29, 1.82) is 0 Å². The lowest BCUT2D eigenvalue weighted by molar-refractivity contribution is 0.660. The van der Waals surface area contributed by atoms with Gasteiger partial charge in [0.25, 0.3) is 0 Å². The Hall–Kier alpha value is -4.30. The number of para-hydroxylation sites is 1. The number of H-pyrrole nitrogens is 1. The molecule has 0 fully saturated rings. The van der Waals surface area contributed by atoms with Crippen LogP contribution >= 0.6 is 0 Å². The zero-order valence-electron chi connectivity index (χ0n) is 22.2. The molecule has 6 aromatic rings. The first-order valence-electron chi connectivity index (χ1n) is 13.5. The lowest BCUT2D eigenvalue weighted by atomic mass is 9.81. The molecular weight excluding hydrogens is 460 g/mol. The third-order valence-electron chi connectivity index (χ3n) is 9.38. The third-order valence-corrected chi connectivity index (χ3v) is 9.38. The lowest BCUT2D eigenvalue weighted by Crippen LogP contribution is -2.15. The fraction of sp³-hybridized carbons (Fsp3) is 0.167. The van der Waals surface area contributed by atoms with Crippen molar-refractivity contribution in [2.24, 2.45) is 0 Å². The third kappa shape index (κ3) is 2.58. The first-order valence-corrected chi connectivity index (χ1v) is 13.5. The van der Waals surface area contributed by atoms with Crippen molar-refractivity contribution in [3.8, 4) is 33.4 Å². The van der Waals surface area contributed by atoms with Crippen molar-refractivity contribution in [3.63, 3.8) is 0 Å². The number of benzene rings is 5. The Morgan fingerprint density at radius 1 is 0.500 bits per heavy atom. The summed E-state index contributed by atoms with van der Waals surface area (Å²) in [5.41, 5.74) is 22.9. The molecule has 0 radical (unpaired) electrons. The summed E-state index contributed by atoms with van der Waals surface area (Å²) in [5.74, 6) is 0. The number of nitrogen functional groups attached to an aromatic ring is 1. The predicted molar refractivity (Wildman–Crippen MR) is 161 cm³/mol. The summed E-state index contributed by atoms with van der Waals surface area (Å²) in [7, 11) is 0. The molecule has 1 aromatic heterocycles. The van der Waals surface area contributed by atoms with E-state index < -0.39 is 0 Å². The molecule has 0 amide bonds. The van der Waals surface area contributed by atoms with Gasteiger partial charge in [-0.2, -0.15) is 0 Å². The topological polar surface area (TPSA) is 41.8 Å². The molecule has 3 N–H and O–H groups in total. The van der Waals surface area contributed by atoms with Gasteiger partial charge in [0.1, 0.15) is 0 Å². The summed E-state index contributed by atoms with van der Waals surface area (Å²) >= 11 is 0. The molecular formula is C36H30N2. The van der Waals surface area contributed by atoms with Crippen molar-refractivity contribution in [1.82, 2.24) is 4.98 Å². The monoisotopic (exact) mass is 490 g/mol. The van der Waals surface area contributed by atoms with Crippen LogP contribution in [0.25, 0.3) is 55.2 Å². The fourth-order valence-corrected chi connectivity index (χ4v) is 7.34. The number of nitrogens with two attached hydrogens (primary N) is 1. The Morgan fingerprint density at radius 2 is 1.08 bits per heavy atom. The van der Waals surface area contributed by atoms with E-state index in [9.17, 15) is 0 Å². The zero-order chi connectivity index (χ0) is 26.0. The number of fused-ring (bicyclic) bond motifs is 9. The Labute approximate surface area is 223 Å². The Bertz CT molecular complexity index is 1980. The average molecular weight is 491 g/mol. The van der Waals surface area contributed by atoms with E-state index >= 15 is 0 Å². The van der Waals surface area contributed by atoms with Crippen LogP contribution in [-0.2, 0) is 10.8 Å². The van der Waals surface area contributed by atoms with E-state index in [-0.39, 0.29) is 10.8 Å². The molecule has 0 atom stereocenters. The van der Waals surface area contributed by atoms with Crippen LogP contribution in [0.15, 0.2) is 91.0 Å². The molecule has 5 aromatic carbocycles. The minimum absolute atomic E-state index is 0.0215. The Morgan fingerprint density at radius 3 is 1.76 bits per heavy atom. The van der Waals surface area contributed by atoms with Gasteiger partial charge in [-0.3, -0.25) is 0 Å². The number of hydrogen-bond acceptors (Lipinski definition) is 1. The summed E-state index contributed by atoms with van der Waals surface area (Å²) in [4.78, 5) is 3.81. The second-order valence-corrected chi connectivity index (χ2v) is 12.1. The van der Waals surface area contributed by atoms with Gasteiger partial charge in [-0.15, -0.1) is 0 Å². The summed E-state index contributed by atoms with van der Waals surface area (Å²) in [5, 5.41) is 2.52. The highest BCUT2D eigenvalue weighted by molar-refractivity contribution is 6.14. The highest BCUT2D eigenvalue weighted by atomic mass is 14.7. The molecule has 0 unspecified atom stereocenters. The van der Waals surface area contributed by atoms with Gasteiger partial charge in [-0.05, 0) is 68.8 Å². The Balaban J connectivity index is 1.37. The first kappa shape index (κ1) is 21.8. The predicted octanol–water partition coefficient (Wildman–Crippen LogP) is 9.18. The smallest absolute Gasteiger partial charge is 0.0545 e. The van der Waals surface area contributed by atoms with Gasteiger partial charge in [0.05, 0.1) is 5.52 Å². The highest BCUT2D eigenvalue weighted by Gasteiger charge is 2.37. The molecule has 0 saturated heterocycles. The van der Waals surface area contributed by atoms with E-state index in [0.717, 1.165) is 22.3 Å². The molecule has 2 aliphatic rings. The van der Waals surface area contributed by atoms with E-state index in [2.05, 4.69) is 124 Å². The van der Waals surface area contributed by atoms with Gasteiger partial charge in [-0.1, -0.05) is 94.4 Å². The highest BCUT2D eigenvalue weighted by Crippen LogP contribution is 2.53. The minimum Gasteiger partial charge on any atom is -0.398 e. The minimum atomic E-state index is -0.0670. The van der Waals surface area contributed by atoms with Crippen LogP contribution in [0.1, 0.15) is 49.9 Å². The summed E-state index contributed by atoms with van der Waals surface area (Å²) < 4.78 is 0.